The number of benzene rings is 3. The summed E-state index contributed by atoms with van der Waals surface area (Å²) in [5.74, 6) is -0.792. The van der Waals surface area contributed by atoms with Crippen LogP contribution in [0.2, 0.25) is 0 Å². The van der Waals surface area contributed by atoms with Gasteiger partial charge in [0.25, 0.3) is 0 Å². The first kappa shape index (κ1) is 28.0. The van der Waals surface area contributed by atoms with Gasteiger partial charge in [-0.1, -0.05) is 24.3 Å². The molecule has 0 radical (unpaired) electrons. The first-order chi connectivity index (χ1) is 18.1. The predicted molar refractivity (Wildman–Crippen MR) is 141 cm³/mol. The van der Waals surface area contributed by atoms with Crippen molar-refractivity contribution in [2.24, 2.45) is 0 Å². The summed E-state index contributed by atoms with van der Waals surface area (Å²) >= 11 is 0. The van der Waals surface area contributed by atoms with E-state index in [-0.39, 0.29) is 30.8 Å². The fraction of sp³-hybridized carbons (Fsp3) is 0.222. The normalized spacial score (nSPS) is 15.7. The number of fused-ring (bicyclic) bond motifs is 1. The van der Waals surface area contributed by atoms with Gasteiger partial charge in [0.2, 0.25) is 0 Å². The zero-order valence-electron chi connectivity index (χ0n) is 20.5. The molecule has 0 unspecified atom stereocenters. The smallest absolute Gasteiger partial charge is 0.351 e. The minimum absolute atomic E-state index is 0. The Morgan fingerprint density at radius 2 is 1.59 bits per heavy atom. The third-order valence-corrected chi connectivity index (χ3v) is 6.50. The highest BCUT2D eigenvalue weighted by molar-refractivity contribution is 6.00. The van der Waals surface area contributed by atoms with Crippen LogP contribution >= 0.6 is 12.4 Å². The van der Waals surface area contributed by atoms with Gasteiger partial charge in [0.1, 0.15) is 17.3 Å². The second kappa shape index (κ2) is 11.0. The van der Waals surface area contributed by atoms with Crippen molar-refractivity contribution in [2.45, 2.75) is 19.1 Å². The molecule has 2 amide bonds. The number of carbonyl (C=O) groups excluding carboxylic acids is 1. The third kappa shape index (κ3) is 5.73. The Balaban J connectivity index is 0.00000353. The molecule has 1 saturated heterocycles. The van der Waals surface area contributed by atoms with Crippen LogP contribution in [0.25, 0.3) is 22.0 Å². The summed E-state index contributed by atoms with van der Waals surface area (Å²) in [6.07, 6.45) is -4.82. The van der Waals surface area contributed by atoms with Crippen LogP contribution in [0.3, 0.4) is 0 Å². The van der Waals surface area contributed by atoms with Crippen molar-refractivity contribution in [3.05, 3.63) is 83.9 Å². The van der Waals surface area contributed by atoms with Crippen molar-refractivity contribution < 1.29 is 26.7 Å². The molecule has 12 heteroatoms. The number of carbonyl (C=O) groups is 1. The van der Waals surface area contributed by atoms with Crippen LogP contribution in [0.15, 0.2) is 66.7 Å². The van der Waals surface area contributed by atoms with E-state index in [2.05, 4.69) is 15.5 Å². The van der Waals surface area contributed by atoms with Crippen molar-refractivity contribution in [3.63, 3.8) is 0 Å². The van der Waals surface area contributed by atoms with Gasteiger partial charge >= 0.3 is 12.2 Å². The van der Waals surface area contributed by atoms with Gasteiger partial charge < -0.3 is 15.1 Å². The van der Waals surface area contributed by atoms with E-state index < -0.39 is 29.3 Å². The zero-order chi connectivity index (χ0) is 27.0. The van der Waals surface area contributed by atoms with Crippen molar-refractivity contribution in [3.8, 4) is 11.3 Å². The Hall–Kier alpha value is -3.99. The van der Waals surface area contributed by atoms with Gasteiger partial charge in [0, 0.05) is 42.0 Å². The van der Waals surface area contributed by atoms with Gasteiger partial charge in [-0.15, -0.1) is 22.6 Å². The molecule has 1 atom stereocenters. The summed E-state index contributed by atoms with van der Waals surface area (Å²) in [5.41, 5.74) is -0.433. The number of hydrogen-bond acceptors (Lipinski definition) is 4. The van der Waals surface area contributed by atoms with E-state index in [0.717, 1.165) is 28.5 Å². The summed E-state index contributed by atoms with van der Waals surface area (Å²) in [4.78, 5) is 16.3. The quantitative estimate of drug-likeness (QED) is 0.280. The van der Waals surface area contributed by atoms with Crippen LogP contribution in [0.1, 0.15) is 12.5 Å². The van der Waals surface area contributed by atoms with Crippen molar-refractivity contribution in [2.75, 3.05) is 29.9 Å². The van der Waals surface area contributed by atoms with E-state index in [4.69, 9.17) is 0 Å². The number of alkyl halides is 3. The summed E-state index contributed by atoms with van der Waals surface area (Å²) in [7, 11) is 0. The van der Waals surface area contributed by atoms with Crippen LogP contribution < -0.4 is 10.2 Å². The summed E-state index contributed by atoms with van der Waals surface area (Å²) in [5, 5.41) is 12.8. The van der Waals surface area contributed by atoms with Crippen LogP contribution in [-0.2, 0) is 6.18 Å². The fourth-order valence-electron chi connectivity index (χ4n) is 4.64. The van der Waals surface area contributed by atoms with E-state index in [1.807, 2.05) is 29.2 Å². The first-order valence-electron chi connectivity index (χ1n) is 11.8. The first-order valence-corrected chi connectivity index (χ1v) is 11.8. The van der Waals surface area contributed by atoms with E-state index in [1.165, 1.54) is 17.0 Å². The number of urea groups is 1. The molecule has 0 bridgehead atoms. The van der Waals surface area contributed by atoms with Crippen LogP contribution in [0.4, 0.5) is 38.3 Å². The second-order valence-corrected chi connectivity index (χ2v) is 9.03. The van der Waals surface area contributed by atoms with E-state index in [1.54, 1.807) is 19.1 Å². The third-order valence-electron chi connectivity index (χ3n) is 6.50. The Kier molecular flexibility index (Phi) is 7.91. The van der Waals surface area contributed by atoms with Crippen LogP contribution in [-0.4, -0.2) is 46.8 Å². The van der Waals surface area contributed by atoms with E-state index in [9.17, 15) is 26.7 Å². The van der Waals surface area contributed by atoms with Gasteiger partial charge in [-0.25, -0.2) is 13.6 Å². The fourth-order valence-corrected chi connectivity index (χ4v) is 4.64. The summed E-state index contributed by atoms with van der Waals surface area (Å²) in [6, 6.07) is 14.6. The van der Waals surface area contributed by atoms with Gasteiger partial charge in [-0.3, -0.25) is 0 Å². The molecule has 1 N–H and O–H groups in total. The molecule has 39 heavy (non-hydrogen) atoms. The Labute approximate surface area is 226 Å². The van der Waals surface area contributed by atoms with E-state index >= 15 is 0 Å². The molecule has 204 valence electrons. The maximum absolute atomic E-state index is 13.4. The molecule has 6 nitrogen and oxygen atoms in total. The molecule has 3 aromatic carbocycles. The maximum Gasteiger partial charge on any atom is 0.418 e. The zero-order valence-corrected chi connectivity index (χ0v) is 21.4. The molecular formula is C27H23ClF5N5O. The van der Waals surface area contributed by atoms with Crippen molar-refractivity contribution >= 4 is 40.7 Å². The maximum atomic E-state index is 13.4. The lowest BCUT2D eigenvalue weighted by Gasteiger charge is -2.40. The molecule has 1 fully saturated rings. The lowest BCUT2D eigenvalue weighted by Crippen LogP contribution is -2.55. The average Bonchev–Trinajstić information content (AvgIpc) is 2.89. The number of nitrogens with zero attached hydrogens (tertiary/aromatic N) is 4. The second-order valence-electron chi connectivity index (χ2n) is 9.03. The molecule has 1 aliphatic heterocycles. The molecule has 4 aromatic rings. The molecule has 1 aliphatic rings. The van der Waals surface area contributed by atoms with Gasteiger partial charge in [-0.05, 0) is 49.4 Å². The topological polar surface area (TPSA) is 61.4 Å². The largest absolute Gasteiger partial charge is 0.418 e. The molecule has 0 saturated carbocycles. The number of anilines is 2. The SMILES string of the molecule is C[C@H]1CN(c2nnc(-c3ccc(F)cc3)c3ccccc23)CCN1C(=O)Nc1ccc(F)cc1C(F)(F)F.Cl. The highest BCUT2D eigenvalue weighted by Gasteiger charge is 2.36. The summed E-state index contributed by atoms with van der Waals surface area (Å²) < 4.78 is 66.9. The molecule has 5 rings (SSSR count). The van der Waals surface area contributed by atoms with E-state index in [0.29, 0.717) is 30.7 Å². The predicted octanol–water partition coefficient (Wildman–Crippen LogP) is 6.76. The molecule has 2 heterocycles. The van der Waals surface area contributed by atoms with Crippen LogP contribution in [0.5, 0.6) is 0 Å². The average molecular weight is 564 g/mol. The highest BCUT2D eigenvalue weighted by atomic mass is 35.5. The Morgan fingerprint density at radius 3 is 2.26 bits per heavy atom. The minimum atomic E-state index is -4.82. The molecule has 0 spiro atoms. The number of hydrogen-bond donors (Lipinski definition) is 1. The minimum Gasteiger partial charge on any atom is -0.351 e. The number of halogens is 6. The van der Waals surface area contributed by atoms with Gasteiger partial charge in [-0.2, -0.15) is 13.2 Å². The van der Waals surface area contributed by atoms with Crippen molar-refractivity contribution in [1.29, 1.82) is 0 Å². The molecule has 1 aromatic heterocycles. The highest BCUT2D eigenvalue weighted by Crippen LogP contribution is 2.36. The number of piperazine rings is 1. The molecular weight excluding hydrogens is 541 g/mol. The Bertz CT molecular complexity index is 1500. The lowest BCUT2D eigenvalue weighted by molar-refractivity contribution is -0.137. The standard InChI is InChI=1S/C27H22F5N5O.ClH/c1-16-15-36(12-13-37(16)26(38)33-23-11-10-19(29)14-22(23)27(30,31)32)25-21-5-3-2-4-20(21)24(34-35-25)17-6-8-18(28)9-7-17;/h2-11,14,16H,12-13,15H2,1H3,(H,33,38);1H/t16-;/m0./s1. The van der Waals surface area contributed by atoms with Crippen molar-refractivity contribution in [1.82, 2.24) is 15.1 Å². The van der Waals surface area contributed by atoms with Gasteiger partial charge in [0.15, 0.2) is 5.82 Å². The number of rotatable bonds is 3. The number of amides is 2. The summed E-state index contributed by atoms with van der Waals surface area (Å²) in [6.45, 7) is 2.72. The molecule has 0 aliphatic carbocycles. The van der Waals surface area contributed by atoms with Crippen LogP contribution in [0, 0.1) is 11.6 Å². The Morgan fingerprint density at radius 1 is 0.923 bits per heavy atom. The monoisotopic (exact) mass is 563 g/mol. The number of aromatic nitrogens is 2. The number of nitrogens with one attached hydrogen (secondary N) is 1. The van der Waals surface area contributed by atoms with Gasteiger partial charge in [0.05, 0.1) is 11.3 Å². The lowest BCUT2D eigenvalue weighted by atomic mass is 10.0.